The summed E-state index contributed by atoms with van der Waals surface area (Å²) in [4.78, 5) is 13.7. The number of carbonyl (C=O) groups is 1. The number of nitrogens with one attached hydrogen (secondary N) is 1. The van der Waals surface area contributed by atoms with Gasteiger partial charge < -0.3 is 15.2 Å². The first-order valence-corrected chi connectivity index (χ1v) is 9.31. The number of nitrogens with zero attached hydrogens (tertiary/aromatic N) is 3. The number of fused-ring (bicyclic) bond motifs is 1. The summed E-state index contributed by atoms with van der Waals surface area (Å²) in [6.45, 7) is 5.55. The lowest BCUT2D eigenvalue weighted by molar-refractivity contribution is 0.0393. The largest absolute Gasteiger partial charge is 0.444 e. The fraction of sp³-hybridized carbons (Fsp3) is 0.381. The number of amides is 1. The van der Waals surface area contributed by atoms with Crippen molar-refractivity contribution in [3.63, 3.8) is 0 Å². The van der Waals surface area contributed by atoms with Crippen LogP contribution in [0, 0.1) is 0 Å². The first-order chi connectivity index (χ1) is 13.3. The molecule has 0 unspecified atom stereocenters. The summed E-state index contributed by atoms with van der Waals surface area (Å²) >= 11 is 0. The van der Waals surface area contributed by atoms with Crippen LogP contribution in [-0.2, 0) is 17.7 Å². The molecule has 0 aliphatic carbocycles. The van der Waals surface area contributed by atoms with E-state index in [4.69, 9.17) is 4.74 Å². The van der Waals surface area contributed by atoms with Crippen LogP contribution in [0.2, 0.25) is 0 Å². The number of carbonyl (C=O) groups excluding carboxylic acids is 1. The molecule has 0 aliphatic rings. The predicted octanol–water partition coefficient (Wildman–Crippen LogP) is 2.93. The van der Waals surface area contributed by atoms with E-state index in [1.165, 1.54) is 4.80 Å². The van der Waals surface area contributed by atoms with Crippen LogP contribution >= 0.6 is 0 Å². The number of alkyl carbamates (subject to hydrolysis) is 1. The summed E-state index contributed by atoms with van der Waals surface area (Å²) in [6, 6.07) is 16.6. The van der Waals surface area contributed by atoms with E-state index < -0.39 is 23.8 Å². The molecular formula is C21H26N4O3. The monoisotopic (exact) mass is 382 g/mol. The SMILES string of the molecule is CC(C)(C)OC(=O)N[C@H](Cc1ccccc1)[C@@H](O)Cn1nc2ccccc2n1. The first-order valence-electron chi connectivity index (χ1n) is 9.31. The molecule has 1 aromatic heterocycles. The minimum Gasteiger partial charge on any atom is -0.444 e. The van der Waals surface area contributed by atoms with E-state index in [0.29, 0.717) is 6.42 Å². The molecule has 2 atom stereocenters. The number of hydrogen-bond donors (Lipinski definition) is 2. The molecule has 0 spiro atoms. The maximum Gasteiger partial charge on any atom is 0.407 e. The Morgan fingerprint density at radius 3 is 2.21 bits per heavy atom. The third kappa shape index (κ3) is 5.53. The molecule has 2 aromatic carbocycles. The van der Waals surface area contributed by atoms with Crippen molar-refractivity contribution in [1.82, 2.24) is 20.3 Å². The van der Waals surface area contributed by atoms with Crippen LogP contribution in [0.5, 0.6) is 0 Å². The Balaban J connectivity index is 1.74. The average Bonchev–Trinajstić information content (AvgIpc) is 3.02. The maximum absolute atomic E-state index is 12.3. The standard InChI is InChI=1S/C21H26N4O3/c1-21(2,3)28-20(27)22-18(13-15-9-5-4-6-10-15)19(26)14-25-23-16-11-7-8-12-17(16)24-25/h4-12,18-19,26H,13-14H2,1-3H3,(H,22,27)/t18-,19+/m1/s1. The molecule has 0 aliphatic heterocycles. The maximum atomic E-state index is 12.3. The second kappa shape index (κ2) is 8.39. The summed E-state index contributed by atoms with van der Waals surface area (Å²) in [6.07, 6.45) is -0.997. The van der Waals surface area contributed by atoms with Gasteiger partial charge in [-0.25, -0.2) is 4.79 Å². The number of ether oxygens (including phenoxy) is 1. The van der Waals surface area contributed by atoms with E-state index in [0.717, 1.165) is 16.6 Å². The molecule has 0 radical (unpaired) electrons. The normalized spacial score (nSPS) is 13.9. The molecule has 0 saturated carbocycles. The Labute approximate surface area is 164 Å². The highest BCUT2D eigenvalue weighted by atomic mass is 16.6. The number of aliphatic hydroxyl groups excluding tert-OH is 1. The van der Waals surface area contributed by atoms with Crippen LogP contribution in [-0.4, -0.2) is 43.9 Å². The van der Waals surface area contributed by atoms with Crippen molar-refractivity contribution in [3.05, 3.63) is 60.2 Å². The lowest BCUT2D eigenvalue weighted by Gasteiger charge is -2.26. The van der Waals surface area contributed by atoms with Gasteiger partial charge in [0.05, 0.1) is 18.7 Å². The van der Waals surface area contributed by atoms with E-state index in [9.17, 15) is 9.90 Å². The van der Waals surface area contributed by atoms with Gasteiger partial charge in [0.15, 0.2) is 0 Å². The summed E-state index contributed by atoms with van der Waals surface area (Å²) in [5.41, 5.74) is 1.90. The van der Waals surface area contributed by atoms with Crippen LogP contribution < -0.4 is 5.32 Å². The van der Waals surface area contributed by atoms with Crippen molar-refractivity contribution in [1.29, 1.82) is 0 Å². The Morgan fingerprint density at radius 1 is 1.07 bits per heavy atom. The van der Waals surface area contributed by atoms with Gasteiger partial charge in [0, 0.05) is 0 Å². The fourth-order valence-corrected chi connectivity index (χ4v) is 2.89. The highest BCUT2D eigenvalue weighted by Crippen LogP contribution is 2.12. The van der Waals surface area contributed by atoms with Crippen molar-refractivity contribution < 1.29 is 14.6 Å². The van der Waals surface area contributed by atoms with E-state index in [-0.39, 0.29) is 6.54 Å². The van der Waals surface area contributed by atoms with E-state index in [2.05, 4.69) is 15.5 Å². The molecular weight excluding hydrogens is 356 g/mol. The zero-order chi connectivity index (χ0) is 20.1. The second-order valence-corrected chi connectivity index (χ2v) is 7.75. The fourth-order valence-electron chi connectivity index (χ4n) is 2.89. The minimum atomic E-state index is -0.894. The molecule has 148 valence electrons. The molecule has 1 amide bonds. The number of hydrogen-bond acceptors (Lipinski definition) is 5. The van der Waals surface area contributed by atoms with Crippen LogP contribution in [0.3, 0.4) is 0 Å². The van der Waals surface area contributed by atoms with E-state index in [1.807, 2.05) is 54.6 Å². The Morgan fingerprint density at radius 2 is 1.64 bits per heavy atom. The quantitative estimate of drug-likeness (QED) is 0.684. The van der Waals surface area contributed by atoms with Gasteiger partial charge in [-0.15, -0.1) is 0 Å². The molecule has 2 N–H and O–H groups in total. The van der Waals surface area contributed by atoms with E-state index in [1.54, 1.807) is 20.8 Å². The van der Waals surface area contributed by atoms with Crippen molar-refractivity contribution in [2.24, 2.45) is 0 Å². The smallest absolute Gasteiger partial charge is 0.407 e. The van der Waals surface area contributed by atoms with Gasteiger partial charge in [-0.1, -0.05) is 42.5 Å². The number of rotatable bonds is 6. The third-order valence-corrected chi connectivity index (χ3v) is 4.14. The van der Waals surface area contributed by atoms with Crippen LogP contribution in [0.15, 0.2) is 54.6 Å². The Hall–Kier alpha value is -2.93. The molecule has 1 heterocycles. The number of aliphatic hydroxyl groups is 1. The molecule has 0 fully saturated rings. The number of benzene rings is 2. The summed E-state index contributed by atoms with van der Waals surface area (Å²) in [5, 5.41) is 22.4. The molecule has 28 heavy (non-hydrogen) atoms. The van der Waals surface area contributed by atoms with E-state index >= 15 is 0 Å². The molecule has 7 heteroatoms. The summed E-state index contributed by atoms with van der Waals surface area (Å²) in [7, 11) is 0. The minimum absolute atomic E-state index is 0.155. The van der Waals surface area contributed by atoms with Gasteiger partial charge >= 0.3 is 6.09 Å². The molecule has 3 rings (SSSR count). The highest BCUT2D eigenvalue weighted by Gasteiger charge is 2.26. The van der Waals surface area contributed by atoms with Crippen molar-refractivity contribution in [2.75, 3.05) is 0 Å². The van der Waals surface area contributed by atoms with Crippen LogP contribution in [0.4, 0.5) is 4.79 Å². The van der Waals surface area contributed by atoms with Crippen molar-refractivity contribution in [2.45, 2.75) is 51.5 Å². The molecule has 7 nitrogen and oxygen atoms in total. The topological polar surface area (TPSA) is 89.3 Å². The van der Waals surface area contributed by atoms with Gasteiger partial charge in [0.25, 0.3) is 0 Å². The van der Waals surface area contributed by atoms with Gasteiger partial charge in [-0.2, -0.15) is 15.0 Å². The zero-order valence-corrected chi connectivity index (χ0v) is 16.4. The van der Waals surface area contributed by atoms with Gasteiger partial charge in [0.1, 0.15) is 16.6 Å². The lowest BCUT2D eigenvalue weighted by atomic mass is 10.0. The molecule has 0 bridgehead atoms. The lowest BCUT2D eigenvalue weighted by Crippen LogP contribution is -2.48. The van der Waals surface area contributed by atoms with Gasteiger partial charge in [-0.3, -0.25) is 0 Å². The summed E-state index contributed by atoms with van der Waals surface area (Å²) < 4.78 is 5.36. The predicted molar refractivity (Wildman–Crippen MR) is 107 cm³/mol. The Bertz CT molecular complexity index is 885. The average molecular weight is 382 g/mol. The third-order valence-electron chi connectivity index (χ3n) is 4.14. The van der Waals surface area contributed by atoms with Crippen LogP contribution in [0.1, 0.15) is 26.3 Å². The number of aromatic nitrogens is 3. The van der Waals surface area contributed by atoms with Gasteiger partial charge in [0.2, 0.25) is 0 Å². The highest BCUT2D eigenvalue weighted by molar-refractivity contribution is 5.73. The summed E-state index contributed by atoms with van der Waals surface area (Å²) in [5.74, 6) is 0. The first kappa shape index (κ1) is 19.8. The zero-order valence-electron chi connectivity index (χ0n) is 16.4. The van der Waals surface area contributed by atoms with Crippen molar-refractivity contribution in [3.8, 4) is 0 Å². The van der Waals surface area contributed by atoms with Gasteiger partial charge in [-0.05, 0) is 44.9 Å². The van der Waals surface area contributed by atoms with Crippen LogP contribution in [0.25, 0.3) is 11.0 Å². The second-order valence-electron chi connectivity index (χ2n) is 7.75. The Kier molecular flexibility index (Phi) is 5.94. The molecule has 3 aromatic rings. The molecule has 0 saturated heterocycles. The van der Waals surface area contributed by atoms with Crippen molar-refractivity contribution >= 4 is 17.1 Å².